The Morgan fingerprint density at radius 3 is 2.60 bits per heavy atom. The number of halogens is 1. The second kappa shape index (κ2) is 5.95. The minimum Gasteiger partial charge on any atom is -0.497 e. The van der Waals surface area contributed by atoms with E-state index in [1.54, 1.807) is 7.11 Å². The number of ether oxygens (including phenoxy) is 2. The first-order valence-corrected chi connectivity index (χ1v) is 4.85. The number of hydrogen-bond acceptors (Lipinski definition) is 3. The van der Waals surface area contributed by atoms with E-state index in [4.69, 9.17) is 9.47 Å². The third-order valence-electron chi connectivity index (χ3n) is 2.44. The molecule has 1 heterocycles. The van der Waals surface area contributed by atoms with Crippen molar-refractivity contribution < 1.29 is 9.47 Å². The van der Waals surface area contributed by atoms with Crippen LogP contribution in [0.15, 0.2) is 24.3 Å². The molecule has 1 aliphatic heterocycles. The largest absolute Gasteiger partial charge is 0.497 e. The highest BCUT2D eigenvalue weighted by Gasteiger charge is 2.14. The molecule has 1 saturated heterocycles. The molecule has 0 aliphatic carbocycles. The SMILES string of the molecule is COc1ccc([C@@H]2COCCN2)cc1.Cl. The van der Waals surface area contributed by atoms with E-state index in [0.717, 1.165) is 25.5 Å². The van der Waals surface area contributed by atoms with Crippen LogP contribution >= 0.6 is 12.4 Å². The highest BCUT2D eigenvalue weighted by molar-refractivity contribution is 5.85. The van der Waals surface area contributed by atoms with Crippen LogP contribution in [0, 0.1) is 0 Å². The van der Waals surface area contributed by atoms with E-state index in [0.29, 0.717) is 6.04 Å². The third kappa shape index (κ3) is 3.09. The van der Waals surface area contributed by atoms with E-state index in [9.17, 15) is 0 Å². The van der Waals surface area contributed by atoms with E-state index in [2.05, 4.69) is 17.4 Å². The topological polar surface area (TPSA) is 30.5 Å². The van der Waals surface area contributed by atoms with Gasteiger partial charge in [0.05, 0.1) is 26.4 Å². The molecule has 2 rings (SSSR count). The number of nitrogens with one attached hydrogen (secondary N) is 1. The molecule has 0 aromatic heterocycles. The maximum atomic E-state index is 5.40. The van der Waals surface area contributed by atoms with Crippen LogP contribution in [0.3, 0.4) is 0 Å². The maximum Gasteiger partial charge on any atom is 0.118 e. The van der Waals surface area contributed by atoms with Gasteiger partial charge in [0.15, 0.2) is 0 Å². The number of morpholine rings is 1. The van der Waals surface area contributed by atoms with Crippen LogP contribution in [-0.2, 0) is 4.74 Å². The van der Waals surface area contributed by atoms with E-state index in [1.807, 2.05) is 12.1 Å². The molecular weight excluding hydrogens is 214 g/mol. The molecule has 15 heavy (non-hydrogen) atoms. The van der Waals surface area contributed by atoms with Crippen molar-refractivity contribution in [3.05, 3.63) is 29.8 Å². The highest BCUT2D eigenvalue weighted by atomic mass is 35.5. The van der Waals surface area contributed by atoms with Gasteiger partial charge in [-0.05, 0) is 17.7 Å². The van der Waals surface area contributed by atoms with Gasteiger partial charge in [-0.1, -0.05) is 12.1 Å². The van der Waals surface area contributed by atoms with Crippen LogP contribution in [0.5, 0.6) is 5.75 Å². The fraction of sp³-hybridized carbons (Fsp3) is 0.455. The Bertz CT molecular complexity index is 283. The molecule has 1 N–H and O–H groups in total. The standard InChI is InChI=1S/C11H15NO2.ClH/c1-13-10-4-2-9(3-5-10)11-8-14-7-6-12-11;/h2-5,11-12H,6-8H2,1H3;1H/t11-;/m0./s1. The maximum absolute atomic E-state index is 5.40. The van der Waals surface area contributed by atoms with Gasteiger partial charge in [0.25, 0.3) is 0 Å². The van der Waals surface area contributed by atoms with Gasteiger partial charge in [-0.2, -0.15) is 0 Å². The lowest BCUT2D eigenvalue weighted by atomic mass is 10.1. The first-order valence-electron chi connectivity index (χ1n) is 4.85. The molecule has 0 saturated carbocycles. The van der Waals surface area contributed by atoms with Crippen molar-refractivity contribution >= 4 is 12.4 Å². The van der Waals surface area contributed by atoms with Crippen molar-refractivity contribution in [3.63, 3.8) is 0 Å². The van der Waals surface area contributed by atoms with E-state index in [1.165, 1.54) is 5.56 Å². The molecule has 1 aromatic rings. The Hall–Kier alpha value is -0.770. The van der Waals surface area contributed by atoms with E-state index >= 15 is 0 Å². The zero-order valence-electron chi connectivity index (χ0n) is 8.73. The monoisotopic (exact) mass is 229 g/mol. The summed E-state index contributed by atoms with van der Waals surface area (Å²) in [4.78, 5) is 0. The lowest BCUT2D eigenvalue weighted by Gasteiger charge is -2.24. The molecule has 1 aliphatic rings. The molecule has 0 spiro atoms. The van der Waals surface area contributed by atoms with Gasteiger partial charge in [-0.3, -0.25) is 0 Å². The minimum absolute atomic E-state index is 0. The molecule has 1 aromatic carbocycles. The van der Waals surface area contributed by atoms with Gasteiger partial charge in [-0.25, -0.2) is 0 Å². The average Bonchev–Trinajstić information content (AvgIpc) is 2.30. The van der Waals surface area contributed by atoms with Gasteiger partial charge < -0.3 is 14.8 Å². The van der Waals surface area contributed by atoms with Crippen LogP contribution in [0.2, 0.25) is 0 Å². The van der Waals surface area contributed by atoms with E-state index in [-0.39, 0.29) is 12.4 Å². The van der Waals surface area contributed by atoms with Crippen LogP contribution in [0.1, 0.15) is 11.6 Å². The first-order chi connectivity index (χ1) is 6.90. The molecule has 0 bridgehead atoms. The Kier molecular flexibility index (Phi) is 4.88. The van der Waals surface area contributed by atoms with Crippen LogP contribution in [0.4, 0.5) is 0 Å². The molecule has 0 unspecified atom stereocenters. The van der Waals surface area contributed by atoms with Gasteiger partial charge >= 0.3 is 0 Å². The van der Waals surface area contributed by atoms with Crippen LogP contribution in [-0.4, -0.2) is 26.9 Å². The average molecular weight is 230 g/mol. The Balaban J connectivity index is 0.00000112. The molecule has 3 nitrogen and oxygen atoms in total. The predicted molar refractivity (Wildman–Crippen MR) is 61.8 cm³/mol. The number of rotatable bonds is 2. The van der Waals surface area contributed by atoms with Crippen molar-refractivity contribution in [2.24, 2.45) is 0 Å². The van der Waals surface area contributed by atoms with Crippen LogP contribution < -0.4 is 10.1 Å². The molecular formula is C11H16ClNO2. The number of methoxy groups -OCH3 is 1. The summed E-state index contributed by atoms with van der Waals surface area (Å²) in [5.74, 6) is 0.894. The summed E-state index contributed by atoms with van der Waals surface area (Å²) in [7, 11) is 1.68. The van der Waals surface area contributed by atoms with Crippen molar-refractivity contribution in [2.45, 2.75) is 6.04 Å². The summed E-state index contributed by atoms with van der Waals surface area (Å²) in [5.41, 5.74) is 1.26. The summed E-state index contributed by atoms with van der Waals surface area (Å²) >= 11 is 0. The van der Waals surface area contributed by atoms with E-state index < -0.39 is 0 Å². The predicted octanol–water partition coefficient (Wildman–Crippen LogP) is 1.78. The molecule has 1 atom stereocenters. The smallest absolute Gasteiger partial charge is 0.118 e. The quantitative estimate of drug-likeness (QED) is 0.839. The molecule has 1 fully saturated rings. The summed E-state index contributed by atoms with van der Waals surface area (Å²) in [6.45, 7) is 2.50. The molecule has 84 valence electrons. The second-order valence-corrected chi connectivity index (χ2v) is 3.35. The number of hydrogen-bond donors (Lipinski definition) is 1. The lowest BCUT2D eigenvalue weighted by Crippen LogP contribution is -2.34. The zero-order chi connectivity index (χ0) is 9.80. The molecule has 0 amide bonds. The summed E-state index contributed by atoms with van der Waals surface area (Å²) in [5, 5.41) is 3.41. The fourth-order valence-electron chi connectivity index (χ4n) is 1.62. The molecule has 0 radical (unpaired) electrons. The molecule has 4 heteroatoms. The van der Waals surface area contributed by atoms with Gasteiger partial charge in [0, 0.05) is 6.54 Å². The van der Waals surface area contributed by atoms with Gasteiger partial charge in [0.2, 0.25) is 0 Å². The third-order valence-corrected chi connectivity index (χ3v) is 2.44. The Morgan fingerprint density at radius 2 is 2.07 bits per heavy atom. The van der Waals surface area contributed by atoms with Gasteiger partial charge in [0.1, 0.15) is 5.75 Å². The van der Waals surface area contributed by atoms with Gasteiger partial charge in [-0.15, -0.1) is 12.4 Å². The van der Waals surface area contributed by atoms with Crippen molar-refractivity contribution in [1.82, 2.24) is 5.32 Å². The fourth-order valence-corrected chi connectivity index (χ4v) is 1.62. The van der Waals surface area contributed by atoms with Crippen molar-refractivity contribution in [3.8, 4) is 5.75 Å². The summed E-state index contributed by atoms with van der Waals surface area (Å²) in [6.07, 6.45) is 0. The lowest BCUT2D eigenvalue weighted by molar-refractivity contribution is 0.0768. The zero-order valence-corrected chi connectivity index (χ0v) is 9.55. The normalized spacial score (nSPS) is 20.5. The minimum atomic E-state index is 0. The summed E-state index contributed by atoms with van der Waals surface area (Å²) in [6, 6.07) is 8.43. The second-order valence-electron chi connectivity index (χ2n) is 3.35. The Labute approximate surface area is 96.2 Å². The van der Waals surface area contributed by atoms with Crippen molar-refractivity contribution in [1.29, 1.82) is 0 Å². The van der Waals surface area contributed by atoms with Crippen LogP contribution in [0.25, 0.3) is 0 Å². The number of benzene rings is 1. The first kappa shape index (κ1) is 12.3. The van der Waals surface area contributed by atoms with Crippen molar-refractivity contribution in [2.75, 3.05) is 26.9 Å². The Morgan fingerprint density at radius 1 is 1.33 bits per heavy atom. The highest BCUT2D eigenvalue weighted by Crippen LogP contribution is 2.19. The summed E-state index contributed by atoms with van der Waals surface area (Å²) < 4.78 is 10.5.